The molecule has 0 aromatic heterocycles. The van der Waals surface area contributed by atoms with E-state index < -0.39 is 4.92 Å². The summed E-state index contributed by atoms with van der Waals surface area (Å²) in [4.78, 5) is 10.2. The molecule has 0 radical (unpaired) electrons. The van der Waals surface area contributed by atoms with Crippen LogP contribution in [0.2, 0.25) is 0 Å². The maximum absolute atomic E-state index is 10.7. The fourth-order valence-corrected chi connectivity index (χ4v) is 1.17. The van der Waals surface area contributed by atoms with E-state index in [1.807, 2.05) is 13.0 Å². The number of nitro benzene ring substituents is 1. The van der Waals surface area contributed by atoms with Gasteiger partial charge in [0.05, 0.1) is 16.6 Å². The van der Waals surface area contributed by atoms with E-state index >= 15 is 0 Å². The highest BCUT2D eigenvalue weighted by Crippen LogP contribution is 2.24. The van der Waals surface area contributed by atoms with E-state index in [0.29, 0.717) is 17.8 Å². The Morgan fingerprint density at radius 1 is 1.60 bits per heavy atom. The van der Waals surface area contributed by atoms with Crippen LogP contribution in [-0.2, 0) is 0 Å². The third kappa shape index (κ3) is 2.68. The van der Waals surface area contributed by atoms with Gasteiger partial charge in [0, 0.05) is 12.6 Å². The minimum atomic E-state index is -0.459. The number of hydrogen-bond acceptors (Lipinski definition) is 4. The van der Waals surface area contributed by atoms with Gasteiger partial charge in [-0.15, -0.1) is 0 Å². The van der Waals surface area contributed by atoms with Crippen molar-refractivity contribution >= 4 is 11.4 Å². The van der Waals surface area contributed by atoms with Crippen LogP contribution in [0.1, 0.15) is 18.9 Å². The standard InChI is InChI=1S/C10H11N3O2/c1-2-5-12-9-6-8(7-11)3-4-10(9)13(14)15/h3-4,6,12H,2,5H2,1H3. The van der Waals surface area contributed by atoms with Gasteiger partial charge in [-0.1, -0.05) is 6.92 Å². The van der Waals surface area contributed by atoms with Crippen molar-refractivity contribution in [3.8, 4) is 6.07 Å². The molecule has 0 aliphatic carbocycles. The molecule has 0 fully saturated rings. The first-order valence-corrected chi connectivity index (χ1v) is 4.61. The van der Waals surface area contributed by atoms with Crippen molar-refractivity contribution in [3.05, 3.63) is 33.9 Å². The van der Waals surface area contributed by atoms with Crippen molar-refractivity contribution in [1.29, 1.82) is 5.26 Å². The Balaban J connectivity index is 3.06. The second kappa shape index (κ2) is 4.96. The first-order chi connectivity index (χ1) is 7.19. The quantitative estimate of drug-likeness (QED) is 0.604. The van der Waals surface area contributed by atoms with E-state index in [2.05, 4.69) is 5.32 Å². The lowest BCUT2D eigenvalue weighted by atomic mass is 10.2. The van der Waals surface area contributed by atoms with Crippen LogP contribution in [0.15, 0.2) is 18.2 Å². The van der Waals surface area contributed by atoms with Crippen molar-refractivity contribution < 1.29 is 4.92 Å². The lowest BCUT2D eigenvalue weighted by Gasteiger charge is -2.05. The van der Waals surface area contributed by atoms with Crippen LogP contribution in [0.5, 0.6) is 0 Å². The summed E-state index contributed by atoms with van der Waals surface area (Å²) in [5, 5.41) is 22.3. The number of nitro groups is 1. The van der Waals surface area contributed by atoms with Gasteiger partial charge >= 0.3 is 0 Å². The first kappa shape index (κ1) is 11.0. The van der Waals surface area contributed by atoms with Gasteiger partial charge in [0.25, 0.3) is 5.69 Å². The average Bonchev–Trinajstić information content (AvgIpc) is 2.25. The Hall–Kier alpha value is -2.09. The van der Waals surface area contributed by atoms with E-state index in [1.165, 1.54) is 18.2 Å². The van der Waals surface area contributed by atoms with Gasteiger partial charge in [0.15, 0.2) is 0 Å². The number of nitriles is 1. The molecule has 0 aliphatic rings. The Morgan fingerprint density at radius 3 is 2.87 bits per heavy atom. The average molecular weight is 205 g/mol. The molecule has 1 rings (SSSR count). The number of nitrogens with one attached hydrogen (secondary N) is 1. The van der Waals surface area contributed by atoms with Gasteiger partial charge in [-0.25, -0.2) is 0 Å². The molecule has 0 amide bonds. The zero-order valence-corrected chi connectivity index (χ0v) is 8.36. The van der Waals surface area contributed by atoms with Crippen molar-refractivity contribution in [1.82, 2.24) is 0 Å². The number of benzene rings is 1. The Bertz CT molecular complexity index is 410. The normalized spacial score (nSPS) is 9.33. The van der Waals surface area contributed by atoms with Crippen LogP contribution < -0.4 is 5.32 Å². The van der Waals surface area contributed by atoms with Crippen LogP contribution in [0.25, 0.3) is 0 Å². The van der Waals surface area contributed by atoms with E-state index in [1.54, 1.807) is 0 Å². The molecule has 0 aliphatic heterocycles. The number of rotatable bonds is 4. The van der Waals surface area contributed by atoms with Crippen LogP contribution in [0.3, 0.4) is 0 Å². The van der Waals surface area contributed by atoms with E-state index in [-0.39, 0.29) is 5.69 Å². The summed E-state index contributed by atoms with van der Waals surface area (Å²) in [7, 11) is 0. The predicted octanol–water partition coefficient (Wildman–Crippen LogP) is 2.29. The largest absolute Gasteiger partial charge is 0.379 e. The second-order valence-electron chi connectivity index (χ2n) is 3.03. The molecule has 78 valence electrons. The topological polar surface area (TPSA) is 79.0 Å². The SMILES string of the molecule is CCCNc1cc(C#N)ccc1[N+](=O)[O-]. The molecule has 5 nitrogen and oxygen atoms in total. The summed E-state index contributed by atoms with van der Waals surface area (Å²) < 4.78 is 0. The summed E-state index contributed by atoms with van der Waals surface area (Å²) in [5.74, 6) is 0. The minimum absolute atomic E-state index is 0.00227. The van der Waals surface area contributed by atoms with Crippen LogP contribution >= 0.6 is 0 Å². The van der Waals surface area contributed by atoms with Gasteiger partial charge < -0.3 is 5.32 Å². The molecule has 0 heterocycles. The van der Waals surface area contributed by atoms with Crippen LogP contribution in [0, 0.1) is 21.4 Å². The number of nitrogens with zero attached hydrogens (tertiary/aromatic N) is 2. The van der Waals surface area contributed by atoms with Crippen molar-refractivity contribution in [2.45, 2.75) is 13.3 Å². The molecule has 15 heavy (non-hydrogen) atoms. The zero-order valence-electron chi connectivity index (χ0n) is 8.36. The van der Waals surface area contributed by atoms with Crippen molar-refractivity contribution in [2.75, 3.05) is 11.9 Å². The smallest absolute Gasteiger partial charge is 0.292 e. The number of hydrogen-bond donors (Lipinski definition) is 1. The lowest BCUT2D eigenvalue weighted by Crippen LogP contribution is -2.03. The van der Waals surface area contributed by atoms with Crippen molar-refractivity contribution in [3.63, 3.8) is 0 Å². The minimum Gasteiger partial charge on any atom is -0.379 e. The molecular weight excluding hydrogens is 194 g/mol. The summed E-state index contributed by atoms with van der Waals surface area (Å²) in [6, 6.07) is 6.22. The summed E-state index contributed by atoms with van der Waals surface area (Å²) >= 11 is 0. The number of anilines is 1. The summed E-state index contributed by atoms with van der Waals surface area (Å²) in [5.41, 5.74) is 0.822. The van der Waals surface area contributed by atoms with Gasteiger partial charge in [-0.05, 0) is 18.6 Å². The predicted molar refractivity (Wildman–Crippen MR) is 56.6 cm³/mol. The lowest BCUT2D eigenvalue weighted by molar-refractivity contribution is -0.384. The third-order valence-electron chi connectivity index (χ3n) is 1.89. The highest BCUT2D eigenvalue weighted by molar-refractivity contribution is 5.64. The van der Waals surface area contributed by atoms with E-state index in [9.17, 15) is 10.1 Å². The van der Waals surface area contributed by atoms with Gasteiger partial charge in [0.1, 0.15) is 5.69 Å². The van der Waals surface area contributed by atoms with Crippen LogP contribution in [-0.4, -0.2) is 11.5 Å². The molecule has 0 saturated heterocycles. The highest BCUT2D eigenvalue weighted by atomic mass is 16.6. The van der Waals surface area contributed by atoms with Gasteiger partial charge in [-0.3, -0.25) is 10.1 Å². The van der Waals surface area contributed by atoms with Gasteiger partial charge in [0.2, 0.25) is 0 Å². The molecule has 1 N–H and O–H groups in total. The fourth-order valence-electron chi connectivity index (χ4n) is 1.17. The van der Waals surface area contributed by atoms with Crippen molar-refractivity contribution in [2.24, 2.45) is 0 Å². The zero-order chi connectivity index (χ0) is 11.3. The Kier molecular flexibility index (Phi) is 3.63. The molecule has 1 aromatic carbocycles. The molecule has 0 unspecified atom stereocenters. The second-order valence-corrected chi connectivity index (χ2v) is 3.03. The monoisotopic (exact) mass is 205 g/mol. The van der Waals surface area contributed by atoms with E-state index in [0.717, 1.165) is 6.42 Å². The molecule has 0 saturated carbocycles. The summed E-state index contributed by atoms with van der Waals surface area (Å²) in [6.07, 6.45) is 0.869. The van der Waals surface area contributed by atoms with Gasteiger partial charge in [-0.2, -0.15) is 5.26 Å². The Labute approximate surface area is 87.5 Å². The molecule has 1 aromatic rings. The first-order valence-electron chi connectivity index (χ1n) is 4.61. The van der Waals surface area contributed by atoms with Crippen LogP contribution in [0.4, 0.5) is 11.4 Å². The molecule has 0 atom stereocenters. The summed E-state index contributed by atoms with van der Waals surface area (Å²) in [6.45, 7) is 2.61. The molecular formula is C10H11N3O2. The fraction of sp³-hybridized carbons (Fsp3) is 0.300. The third-order valence-corrected chi connectivity index (χ3v) is 1.89. The van der Waals surface area contributed by atoms with E-state index in [4.69, 9.17) is 5.26 Å². The maximum Gasteiger partial charge on any atom is 0.292 e. The Morgan fingerprint density at radius 2 is 2.33 bits per heavy atom. The molecule has 0 bridgehead atoms. The highest BCUT2D eigenvalue weighted by Gasteiger charge is 2.13. The molecule has 0 spiro atoms. The maximum atomic E-state index is 10.7. The molecule has 5 heteroatoms.